The molecule has 2 aromatic rings. The number of para-hydroxylation sites is 1. The zero-order valence-electron chi connectivity index (χ0n) is 16.2. The summed E-state index contributed by atoms with van der Waals surface area (Å²) in [5, 5.41) is 2.79. The number of nitrogens with one attached hydrogen (secondary N) is 1. The van der Waals surface area contributed by atoms with Gasteiger partial charge < -0.3 is 15.0 Å². The molecule has 0 heterocycles. The smallest absolute Gasteiger partial charge is 0.338 e. The summed E-state index contributed by atoms with van der Waals surface area (Å²) < 4.78 is 5.06. The Hall–Kier alpha value is -2.80. The van der Waals surface area contributed by atoms with E-state index in [1.165, 1.54) is 23.7 Å². The SMILES string of the molecule is CCc1ccc(C(=O)OCC(=O)N(C)CC(=O)Nc2ccccc2SC)cc1. The first-order chi connectivity index (χ1) is 13.4. The van der Waals surface area contributed by atoms with Crippen LogP contribution in [0.15, 0.2) is 53.4 Å². The lowest BCUT2D eigenvalue weighted by Crippen LogP contribution is -2.37. The summed E-state index contributed by atoms with van der Waals surface area (Å²) in [7, 11) is 1.49. The fraction of sp³-hybridized carbons (Fsp3) is 0.286. The van der Waals surface area contributed by atoms with Crippen molar-refractivity contribution < 1.29 is 19.1 Å². The van der Waals surface area contributed by atoms with Crippen LogP contribution in [0, 0.1) is 0 Å². The molecule has 0 aliphatic rings. The number of carbonyl (C=O) groups is 3. The van der Waals surface area contributed by atoms with E-state index in [4.69, 9.17) is 4.74 Å². The normalized spacial score (nSPS) is 10.2. The Kier molecular flexibility index (Phi) is 8.07. The Morgan fingerprint density at radius 3 is 2.39 bits per heavy atom. The van der Waals surface area contributed by atoms with Crippen molar-refractivity contribution in [2.24, 2.45) is 0 Å². The number of aryl methyl sites for hydroxylation is 1. The zero-order chi connectivity index (χ0) is 20.5. The zero-order valence-corrected chi connectivity index (χ0v) is 17.0. The van der Waals surface area contributed by atoms with Gasteiger partial charge in [-0.15, -0.1) is 11.8 Å². The Labute approximate surface area is 169 Å². The molecule has 0 spiro atoms. The van der Waals surface area contributed by atoms with Gasteiger partial charge in [0, 0.05) is 11.9 Å². The summed E-state index contributed by atoms with van der Waals surface area (Å²) in [5.74, 6) is -1.34. The van der Waals surface area contributed by atoms with Gasteiger partial charge in [0.05, 0.1) is 17.8 Å². The standard InChI is InChI=1S/C21H24N2O4S/c1-4-15-9-11-16(12-10-15)21(26)27-14-20(25)23(2)13-19(24)22-17-7-5-6-8-18(17)28-3/h5-12H,4,13-14H2,1-3H3,(H,22,24). The summed E-state index contributed by atoms with van der Waals surface area (Å²) in [4.78, 5) is 38.5. The molecule has 0 aliphatic heterocycles. The Balaban J connectivity index is 1.83. The van der Waals surface area contributed by atoms with E-state index in [1.54, 1.807) is 18.2 Å². The maximum absolute atomic E-state index is 12.2. The number of ether oxygens (including phenoxy) is 1. The van der Waals surface area contributed by atoms with E-state index in [0.29, 0.717) is 11.3 Å². The fourth-order valence-corrected chi connectivity index (χ4v) is 2.99. The van der Waals surface area contributed by atoms with Crippen LogP contribution in [-0.2, 0) is 20.7 Å². The number of amides is 2. The quantitative estimate of drug-likeness (QED) is 0.544. The van der Waals surface area contributed by atoms with Crippen molar-refractivity contribution in [3.05, 3.63) is 59.7 Å². The van der Waals surface area contributed by atoms with E-state index in [2.05, 4.69) is 5.32 Å². The minimum Gasteiger partial charge on any atom is -0.452 e. The van der Waals surface area contributed by atoms with Crippen molar-refractivity contribution in [1.82, 2.24) is 4.90 Å². The summed E-state index contributed by atoms with van der Waals surface area (Å²) in [6.07, 6.45) is 2.80. The number of esters is 1. The molecule has 6 nitrogen and oxygen atoms in total. The fourth-order valence-electron chi connectivity index (χ4n) is 2.44. The molecule has 0 aliphatic carbocycles. The molecule has 2 aromatic carbocycles. The van der Waals surface area contributed by atoms with Crippen molar-refractivity contribution in [2.75, 3.05) is 31.8 Å². The summed E-state index contributed by atoms with van der Waals surface area (Å²) >= 11 is 1.52. The van der Waals surface area contributed by atoms with E-state index < -0.39 is 18.5 Å². The molecule has 2 amide bonds. The van der Waals surface area contributed by atoms with Crippen LogP contribution in [0.25, 0.3) is 0 Å². The van der Waals surface area contributed by atoms with Gasteiger partial charge >= 0.3 is 5.97 Å². The average molecular weight is 401 g/mol. The van der Waals surface area contributed by atoms with Crippen LogP contribution < -0.4 is 5.32 Å². The first kappa shape index (κ1) is 21.5. The second kappa shape index (κ2) is 10.5. The minimum absolute atomic E-state index is 0.135. The van der Waals surface area contributed by atoms with Gasteiger partial charge in [-0.25, -0.2) is 4.79 Å². The van der Waals surface area contributed by atoms with Gasteiger partial charge in [-0.1, -0.05) is 31.2 Å². The summed E-state index contributed by atoms with van der Waals surface area (Å²) in [5.41, 5.74) is 2.20. The van der Waals surface area contributed by atoms with Crippen LogP contribution >= 0.6 is 11.8 Å². The molecule has 7 heteroatoms. The molecule has 0 atom stereocenters. The molecule has 0 radical (unpaired) electrons. The van der Waals surface area contributed by atoms with Gasteiger partial charge in [-0.3, -0.25) is 9.59 Å². The van der Waals surface area contributed by atoms with E-state index in [9.17, 15) is 14.4 Å². The van der Waals surface area contributed by atoms with Crippen LogP contribution in [0.5, 0.6) is 0 Å². The molecule has 0 saturated heterocycles. The monoisotopic (exact) mass is 400 g/mol. The molecule has 0 bridgehead atoms. The van der Waals surface area contributed by atoms with E-state index in [1.807, 2.05) is 43.5 Å². The average Bonchev–Trinajstić information content (AvgIpc) is 2.72. The highest BCUT2D eigenvalue weighted by Crippen LogP contribution is 2.24. The van der Waals surface area contributed by atoms with Crippen molar-refractivity contribution in [3.8, 4) is 0 Å². The number of benzene rings is 2. The molecular formula is C21H24N2O4S. The lowest BCUT2D eigenvalue weighted by atomic mass is 10.1. The van der Waals surface area contributed by atoms with Crippen LogP contribution in [0.1, 0.15) is 22.8 Å². The maximum atomic E-state index is 12.2. The van der Waals surface area contributed by atoms with Crippen LogP contribution in [-0.4, -0.2) is 49.1 Å². The number of rotatable bonds is 8. The van der Waals surface area contributed by atoms with E-state index >= 15 is 0 Å². The van der Waals surface area contributed by atoms with Crippen molar-refractivity contribution in [1.29, 1.82) is 0 Å². The van der Waals surface area contributed by atoms with E-state index in [0.717, 1.165) is 16.9 Å². The molecule has 2 rings (SSSR count). The third-order valence-electron chi connectivity index (χ3n) is 4.11. The number of anilines is 1. The second-order valence-electron chi connectivity index (χ2n) is 6.12. The van der Waals surface area contributed by atoms with Crippen molar-refractivity contribution >= 4 is 35.2 Å². The number of hydrogen-bond donors (Lipinski definition) is 1. The third-order valence-corrected chi connectivity index (χ3v) is 4.91. The first-order valence-corrected chi connectivity index (χ1v) is 10.1. The highest BCUT2D eigenvalue weighted by molar-refractivity contribution is 7.98. The number of thioether (sulfide) groups is 1. The van der Waals surface area contributed by atoms with Gasteiger partial charge in [0.15, 0.2) is 6.61 Å². The molecule has 0 aromatic heterocycles. The van der Waals surface area contributed by atoms with Crippen LogP contribution in [0.3, 0.4) is 0 Å². The second-order valence-corrected chi connectivity index (χ2v) is 6.97. The topological polar surface area (TPSA) is 75.7 Å². The van der Waals surface area contributed by atoms with Gasteiger partial charge in [0.25, 0.3) is 5.91 Å². The first-order valence-electron chi connectivity index (χ1n) is 8.87. The maximum Gasteiger partial charge on any atom is 0.338 e. The molecule has 148 valence electrons. The number of nitrogens with zero attached hydrogens (tertiary/aromatic N) is 1. The largest absolute Gasteiger partial charge is 0.452 e. The number of carbonyl (C=O) groups excluding carboxylic acids is 3. The molecule has 28 heavy (non-hydrogen) atoms. The van der Waals surface area contributed by atoms with Crippen molar-refractivity contribution in [2.45, 2.75) is 18.2 Å². The van der Waals surface area contributed by atoms with Gasteiger partial charge in [-0.2, -0.15) is 0 Å². The Morgan fingerprint density at radius 1 is 1.07 bits per heavy atom. The predicted molar refractivity (Wildman–Crippen MR) is 111 cm³/mol. The summed E-state index contributed by atoms with van der Waals surface area (Å²) in [6, 6.07) is 14.5. The molecule has 0 saturated carbocycles. The predicted octanol–water partition coefficient (Wildman–Crippen LogP) is 3.22. The lowest BCUT2D eigenvalue weighted by molar-refractivity contribution is -0.136. The highest BCUT2D eigenvalue weighted by Gasteiger charge is 2.16. The Bertz CT molecular complexity index is 837. The minimum atomic E-state index is -0.567. The van der Waals surface area contributed by atoms with Crippen molar-refractivity contribution in [3.63, 3.8) is 0 Å². The van der Waals surface area contributed by atoms with Crippen LogP contribution in [0.2, 0.25) is 0 Å². The number of hydrogen-bond acceptors (Lipinski definition) is 5. The van der Waals surface area contributed by atoms with E-state index in [-0.39, 0.29) is 12.5 Å². The number of likely N-dealkylation sites (N-methyl/N-ethyl adjacent to an activating group) is 1. The third kappa shape index (κ3) is 6.13. The molecule has 0 unspecified atom stereocenters. The Morgan fingerprint density at radius 2 is 1.75 bits per heavy atom. The van der Waals surface area contributed by atoms with Gasteiger partial charge in [-0.05, 0) is 42.5 Å². The molecule has 1 N–H and O–H groups in total. The molecule has 0 fully saturated rings. The lowest BCUT2D eigenvalue weighted by Gasteiger charge is -2.17. The van der Waals surface area contributed by atoms with Gasteiger partial charge in [0.2, 0.25) is 5.91 Å². The summed E-state index contributed by atoms with van der Waals surface area (Å²) in [6.45, 7) is 1.47. The van der Waals surface area contributed by atoms with Crippen LogP contribution in [0.4, 0.5) is 5.69 Å². The molecular weight excluding hydrogens is 376 g/mol. The highest BCUT2D eigenvalue weighted by atomic mass is 32.2. The van der Waals surface area contributed by atoms with Gasteiger partial charge in [0.1, 0.15) is 0 Å².